The van der Waals surface area contributed by atoms with Crippen LogP contribution in [0.2, 0.25) is 0 Å². The first kappa shape index (κ1) is 19.3. The third-order valence-corrected chi connectivity index (χ3v) is 4.57. The standard InChI is InChI=1S/C16H18N2O7S/c1-23-13-4-6-14(7-5-13)25-9-10-26(21,22)17-15-11-12(18(19)20)3-8-16(15)24-2/h3-8,11,17H,9-10H2,1-2H3. The second-order valence-electron chi connectivity index (χ2n) is 5.09. The van der Waals surface area contributed by atoms with Crippen LogP contribution in [0.1, 0.15) is 0 Å². The van der Waals surface area contributed by atoms with E-state index in [1.165, 1.54) is 26.4 Å². The van der Waals surface area contributed by atoms with Gasteiger partial charge in [-0.15, -0.1) is 0 Å². The molecular weight excluding hydrogens is 364 g/mol. The van der Waals surface area contributed by atoms with Gasteiger partial charge in [0, 0.05) is 12.1 Å². The summed E-state index contributed by atoms with van der Waals surface area (Å²) < 4.78 is 42.1. The fourth-order valence-corrected chi connectivity index (χ4v) is 2.95. The molecule has 2 rings (SSSR count). The third kappa shape index (κ3) is 5.24. The summed E-state index contributed by atoms with van der Waals surface area (Å²) in [6.45, 7) is -0.0983. The Hall–Kier alpha value is -3.01. The molecule has 0 heterocycles. The third-order valence-electron chi connectivity index (χ3n) is 3.34. The van der Waals surface area contributed by atoms with Gasteiger partial charge < -0.3 is 14.2 Å². The van der Waals surface area contributed by atoms with Crippen molar-refractivity contribution in [1.82, 2.24) is 0 Å². The number of hydrogen-bond donors (Lipinski definition) is 1. The number of benzene rings is 2. The van der Waals surface area contributed by atoms with Crippen LogP contribution in [0.5, 0.6) is 17.2 Å². The van der Waals surface area contributed by atoms with Gasteiger partial charge in [0.1, 0.15) is 29.6 Å². The van der Waals surface area contributed by atoms with Crippen LogP contribution >= 0.6 is 0 Å². The van der Waals surface area contributed by atoms with Crippen molar-refractivity contribution in [2.45, 2.75) is 0 Å². The van der Waals surface area contributed by atoms with Crippen molar-refractivity contribution in [2.24, 2.45) is 0 Å². The summed E-state index contributed by atoms with van der Waals surface area (Å²) >= 11 is 0. The lowest BCUT2D eigenvalue weighted by atomic mass is 10.2. The zero-order valence-electron chi connectivity index (χ0n) is 14.2. The van der Waals surface area contributed by atoms with E-state index in [9.17, 15) is 18.5 Å². The molecule has 2 aromatic rings. The van der Waals surface area contributed by atoms with Gasteiger partial charge >= 0.3 is 0 Å². The molecule has 10 heteroatoms. The minimum absolute atomic E-state index is 0.00820. The molecular formula is C16H18N2O7S. The molecule has 0 fully saturated rings. The monoisotopic (exact) mass is 382 g/mol. The summed E-state index contributed by atoms with van der Waals surface area (Å²) in [5.41, 5.74) is -0.260. The van der Waals surface area contributed by atoms with E-state index in [1.807, 2.05) is 0 Å². The fraction of sp³-hybridized carbons (Fsp3) is 0.250. The lowest BCUT2D eigenvalue weighted by Crippen LogP contribution is -2.21. The summed E-state index contributed by atoms with van der Waals surface area (Å²) in [4.78, 5) is 10.2. The van der Waals surface area contributed by atoms with Gasteiger partial charge in [0.15, 0.2) is 0 Å². The maximum Gasteiger partial charge on any atom is 0.271 e. The Morgan fingerprint density at radius 2 is 1.69 bits per heavy atom. The van der Waals surface area contributed by atoms with Gasteiger partial charge in [0.25, 0.3) is 5.69 Å². The van der Waals surface area contributed by atoms with Gasteiger partial charge in [-0.25, -0.2) is 8.42 Å². The van der Waals surface area contributed by atoms with Crippen molar-refractivity contribution in [3.8, 4) is 17.2 Å². The molecule has 9 nitrogen and oxygen atoms in total. The maximum atomic E-state index is 12.2. The number of sulfonamides is 1. The molecule has 0 saturated carbocycles. The quantitative estimate of drug-likeness (QED) is 0.523. The van der Waals surface area contributed by atoms with Crippen LogP contribution in [-0.4, -0.2) is 39.9 Å². The molecule has 0 atom stereocenters. The number of non-ortho nitro benzene ring substituents is 1. The average Bonchev–Trinajstić information content (AvgIpc) is 2.61. The Bertz CT molecular complexity index is 867. The molecule has 26 heavy (non-hydrogen) atoms. The minimum Gasteiger partial charge on any atom is -0.497 e. The molecule has 0 aliphatic heterocycles. The number of nitrogens with zero attached hydrogens (tertiary/aromatic N) is 1. The zero-order chi connectivity index (χ0) is 19.2. The molecule has 0 radical (unpaired) electrons. The Morgan fingerprint density at radius 1 is 1.04 bits per heavy atom. The van der Waals surface area contributed by atoms with Crippen molar-refractivity contribution in [3.63, 3.8) is 0 Å². The molecule has 0 unspecified atom stereocenters. The number of nitrogens with one attached hydrogen (secondary N) is 1. The van der Waals surface area contributed by atoms with E-state index in [0.29, 0.717) is 11.5 Å². The van der Waals surface area contributed by atoms with Crippen LogP contribution in [0.15, 0.2) is 42.5 Å². The van der Waals surface area contributed by atoms with Gasteiger partial charge in [-0.1, -0.05) is 0 Å². The fourth-order valence-electron chi connectivity index (χ4n) is 2.05. The summed E-state index contributed by atoms with van der Waals surface area (Å²) in [6, 6.07) is 10.3. The number of nitro groups is 1. The first-order chi connectivity index (χ1) is 12.3. The number of methoxy groups -OCH3 is 2. The molecule has 0 saturated heterocycles. The Kier molecular flexibility index (Phi) is 6.23. The second kappa shape index (κ2) is 8.39. The van der Waals surface area contributed by atoms with Crippen molar-refractivity contribution >= 4 is 21.4 Å². The number of rotatable bonds is 9. The molecule has 140 valence electrons. The normalized spacial score (nSPS) is 10.8. The molecule has 1 N–H and O–H groups in total. The lowest BCUT2D eigenvalue weighted by Gasteiger charge is -2.12. The van der Waals surface area contributed by atoms with E-state index in [2.05, 4.69) is 4.72 Å². The topological polar surface area (TPSA) is 117 Å². The van der Waals surface area contributed by atoms with E-state index in [0.717, 1.165) is 6.07 Å². The average molecular weight is 382 g/mol. The minimum atomic E-state index is -3.79. The second-order valence-corrected chi connectivity index (χ2v) is 6.93. The largest absolute Gasteiger partial charge is 0.497 e. The Morgan fingerprint density at radius 3 is 2.27 bits per heavy atom. The Labute approximate surface area is 150 Å². The van der Waals surface area contributed by atoms with Gasteiger partial charge in [0.05, 0.1) is 24.8 Å². The summed E-state index contributed by atoms with van der Waals surface area (Å²) in [5.74, 6) is 0.985. The number of ether oxygens (including phenoxy) is 3. The smallest absolute Gasteiger partial charge is 0.271 e. The van der Waals surface area contributed by atoms with Crippen molar-refractivity contribution in [2.75, 3.05) is 31.3 Å². The van der Waals surface area contributed by atoms with E-state index in [1.54, 1.807) is 24.3 Å². The predicted octanol–water partition coefficient (Wildman–Crippen LogP) is 2.43. The number of anilines is 1. The van der Waals surface area contributed by atoms with E-state index in [4.69, 9.17) is 14.2 Å². The first-order valence-corrected chi connectivity index (χ1v) is 9.09. The van der Waals surface area contributed by atoms with Crippen molar-refractivity contribution in [3.05, 3.63) is 52.6 Å². The molecule has 0 spiro atoms. The van der Waals surface area contributed by atoms with Crippen LogP contribution < -0.4 is 18.9 Å². The first-order valence-electron chi connectivity index (χ1n) is 7.44. The van der Waals surface area contributed by atoms with Gasteiger partial charge in [-0.05, 0) is 30.3 Å². The van der Waals surface area contributed by atoms with Crippen LogP contribution in [0.3, 0.4) is 0 Å². The summed E-state index contributed by atoms with van der Waals surface area (Å²) in [6.07, 6.45) is 0. The summed E-state index contributed by atoms with van der Waals surface area (Å²) in [5, 5.41) is 10.9. The highest BCUT2D eigenvalue weighted by molar-refractivity contribution is 7.92. The van der Waals surface area contributed by atoms with E-state index >= 15 is 0 Å². The number of hydrogen-bond acceptors (Lipinski definition) is 7. The molecule has 0 bridgehead atoms. The molecule has 0 aliphatic rings. The molecule has 0 aliphatic carbocycles. The van der Waals surface area contributed by atoms with E-state index in [-0.39, 0.29) is 29.5 Å². The number of nitro benzene ring substituents is 1. The molecule has 2 aromatic carbocycles. The van der Waals surface area contributed by atoms with Gasteiger partial charge in [0.2, 0.25) is 10.0 Å². The molecule has 0 amide bonds. The van der Waals surface area contributed by atoms with Crippen LogP contribution in [0, 0.1) is 10.1 Å². The highest BCUT2D eigenvalue weighted by Gasteiger charge is 2.17. The van der Waals surface area contributed by atoms with Crippen molar-refractivity contribution in [1.29, 1.82) is 0 Å². The zero-order valence-corrected chi connectivity index (χ0v) is 15.0. The predicted molar refractivity (Wildman–Crippen MR) is 95.5 cm³/mol. The molecule has 0 aromatic heterocycles. The lowest BCUT2D eigenvalue weighted by molar-refractivity contribution is -0.384. The van der Waals surface area contributed by atoms with Crippen LogP contribution in [0.4, 0.5) is 11.4 Å². The maximum absolute atomic E-state index is 12.2. The highest BCUT2D eigenvalue weighted by Crippen LogP contribution is 2.29. The van der Waals surface area contributed by atoms with Crippen LogP contribution in [-0.2, 0) is 10.0 Å². The van der Waals surface area contributed by atoms with Gasteiger partial charge in [-0.3, -0.25) is 14.8 Å². The Balaban J connectivity index is 2.01. The van der Waals surface area contributed by atoms with Crippen LogP contribution in [0.25, 0.3) is 0 Å². The van der Waals surface area contributed by atoms with Crippen molar-refractivity contribution < 1.29 is 27.6 Å². The summed E-state index contributed by atoms with van der Waals surface area (Å²) in [7, 11) is -0.918. The van der Waals surface area contributed by atoms with Gasteiger partial charge in [-0.2, -0.15) is 0 Å². The SMILES string of the molecule is COc1ccc(OCCS(=O)(=O)Nc2cc([N+](=O)[O-])ccc2OC)cc1. The van der Waals surface area contributed by atoms with E-state index < -0.39 is 14.9 Å². The highest BCUT2D eigenvalue weighted by atomic mass is 32.2.